The molecule has 0 saturated heterocycles. The highest BCUT2D eigenvalue weighted by Crippen LogP contribution is 2.29. The van der Waals surface area contributed by atoms with Crippen molar-refractivity contribution in [2.24, 2.45) is 5.14 Å². The molecule has 2 N–H and O–H groups in total. The van der Waals surface area contributed by atoms with E-state index in [1.54, 1.807) is 4.90 Å². The number of aromatic nitrogens is 1. The molecule has 1 aliphatic rings. The van der Waals surface area contributed by atoms with Crippen molar-refractivity contribution in [1.29, 1.82) is 0 Å². The molecule has 0 aliphatic carbocycles. The van der Waals surface area contributed by atoms with Gasteiger partial charge in [-0.2, -0.15) is 0 Å². The molecule has 0 radical (unpaired) electrons. The number of sulfonamides is 1. The summed E-state index contributed by atoms with van der Waals surface area (Å²) in [6.45, 7) is 0.781. The molecule has 9 heteroatoms. The molecule has 0 fully saturated rings. The summed E-state index contributed by atoms with van der Waals surface area (Å²) < 4.78 is 29.4. The molecule has 0 unspecified atom stereocenters. The first-order valence-electron chi connectivity index (χ1n) is 10.4. The SMILES string of the molecule is NS(=O)(=O)c1ccc2c(c1)oc(=O)n2CC(=O)N1CC=C(c2cccc3ccccc23)CC1. The van der Waals surface area contributed by atoms with E-state index >= 15 is 0 Å². The van der Waals surface area contributed by atoms with E-state index in [2.05, 4.69) is 30.3 Å². The average Bonchev–Trinajstić information content (AvgIpc) is 3.12. The number of nitrogens with zero attached hydrogens (tertiary/aromatic N) is 2. The van der Waals surface area contributed by atoms with Crippen LogP contribution in [0.15, 0.2) is 80.8 Å². The highest BCUT2D eigenvalue weighted by Gasteiger charge is 2.22. The lowest BCUT2D eigenvalue weighted by molar-refractivity contribution is -0.131. The van der Waals surface area contributed by atoms with Crippen LogP contribution in [0.2, 0.25) is 0 Å². The standard InChI is InChI=1S/C24H21N3O5S/c25-33(30,31)18-8-9-21-22(14-18)32-24(29)27(21)15-23(28)26-12-10-17(11-13-26)20-7-3-5-16-4-1-2-6-19(16)20/h1-10,14H,11-13,15H2,(H2,25,30,31). The lowest BCUT2D eigenvalue weighted by Gasteiger charge is -2.27. The highest BCUT2D eigenvalue weighted by atomic mass is 32.2. The zero-order valence-corrected chi connectivity index (χ0v) is 18.4. The van der Waals surface area contributed by atoms with Gasteiger partial charge in [-0.05, 0) is 40.5 Å². The molecule has 168 valence electrons. The zero-order chi connectivity index (χ0) is 23.2. The van der Waals surface area contributed by atoms with Gasteiger partial charge in [-0.3, -0.25) is 9.36 Å². The first kappa shape index (κ1) is 21.2. The van der Waals surface area contributed by atoms with Crippen LogP contribution < -0.4 is 10.9 Å². The second-order valence-electron chi connectivity index (χ2n) is 7.97. The molecule has 1 aromatic heterocycles. The van der Waals surface area contributed by atoms with E-state index in [1.165, 1.54) is 44.7 Å². The van der Waals surface area contributed by atoms with Crippen LogP contribution in [0.3, 0.4) is 0 Å². The minimum atomic E-state index is -3.93. The van der Waals surface area contributed by atoms with Gasteiger partial charge in [-0.25, -0.2) is 18.4 Å². The number of hydrogen-bond acceptors (Lipinski definition) is 5. The van der Waals surface area contributed by atoms with Gasteiger partial charge in [-0.1, -0.05) is 48.5 Å². The Bertz CT molecular complexity index is 1590. The van der Waals surface area contributed by atoms with Gasteiger partial charge in [0.05, 0.1) is 10.4 Å². The summed E-state index contributed by atoms with van der Waals surface area (Å²) in [4.78, 5) is 26.8. The zero-order valence-electron chi connectivity index (χ0n) is 17.6. The Hall–Kier alpha value is -3.69. The molecule has 2 heterocycles. The lowest BCUT2D eigenvalue weighted by atomic mass is 9.94. The molecule has 5 rings (SSSR count). The molecule has 0 spiro atoms. The number of rotatable bonds is 4. The number of oxazole rings is 1. The van der Waals surface area contributed by atoms with E-state index in [1.807, 2.05) is 18.2 Å². The normalized spacial score (nSPS) is 14.6. The van der Waals surface area contributed by atoms with E-state index in [0.29, 0.717) is 25.0 Å². The Morgan fingerprint density at radius 3 is 2.61 bits per heavy atom. The molecule has 0 bridgehead atoms. The van der Waals surface area contributed by atoms with Crippen LogP contribution in [-0.2, 0) is 21.4 Å². The topological polar surface area (TPSA) is 116 Å². The van der Waals surface area contributed by atoms with Crippen molar-refractivity contribution in [2.75, 3.05) is 13.1 Å². The van der Waals surface area contributed by atoms with Gasteiger partial charge in [0.2, 0.25) is 15.9 Å². The van der Waals surface area contributed by atoms with Crippen LogP contribution in [0.4, 0.5) is 0 Å². The molecule has 1 amide bonds. The van der Waals surface area contributed by atoms with Gasteiger partial charge in [0.15, 0.2) is 5.58 Å². The minimum Gasteiger partial charge on any atom is -0.408 e. The maximum Gasteiger partial charge on any atom is 0.420 e. The minimum absolute atomic E-state index is 0.0658. The molecule has 4 aromatic rings. The summed E-state index contributed by atoms with van der Waals surface area (Å²) in [5.41, 5.74) is 2.76. The summed E-state index contributed by atoms with van der Waals surface area (Å²) >= 11 is 0. The van der Waals surface area contributed by atoms with E-state index in [9.17, 15) is 18.0 Å². The van der Waals surface area contributed by atoms with Gasteiger partial charge in [0.1, 0.15) is 6.54 Å². The Morgan fingerprint density at radius 2 is 1.85 bits per heavy atom. The first-order valence-corrected chi connectivity index (χ1v) is 12.0. The third-order valence-corrected chi connectivity index (χ3v) is 6.87. The van der Waals surface area contributed by atoms with Crippen LogP contribution in [0.25, 0.3) is 27.4 Å². The van der Waals surface area contributed by atoms with Crippen LogP contribution in [0.5, 0.6) is 0 Å². The monoisotopic (exact) mass is 463 g/mol. The van der Waals surface area contributed by atoms with E-state index in [4.69, 9.17) is 9.56 Å². The van der Waals surface area contributed by atoms with E-state index in [-0.39, 0.29) is 22.9 Å². The maximum absolute atomic E-state index is 12.9. The van der Waals surface area contributed by atoms with E-state index < -0.39 is 15.8 Å². The summed E-state index contributed by atoms with van der Waals surface area (Å²) in [6, 6.07) is 18.3. The number of benzene rings is 3. The number of primary sulfonamides is 1. The van der Waals surface area contributed by atoms with Crippen LogP contribution in [0.1, 0.15) is 12.0 Å². The Labute approximate surface area is 189 Å². The number of carbonyl (C=O) groups excluding carboxylic acids is 1. The van der Waals surface area contributed by atoms with Crippen LogP contribution in [-0.4, -0.2) is 36.9 Å². The van der Waals surface area contributed by atoms with Crippen molar-refractivity contribution in [2.45, 2.75) is 17.9 Å². The predicted molar refractivity (Wildman–Crippen MR) is 125 cm³/mol. The third kappa shape index (κ3) is 3.96. The van der Waals surface area contributed by atoms with Crippen LogP contribution >= 0.6 is 0 Å². The quantitative estimate of drug-likeness (QED) is 0.500. The summed E-state index contributed by atoms with van der Waals surface area (Å²) in [7, 11) is -3.93. The number of fused-ring (bicyclic) bond motifs is 2. The third-order valence-electron chi connectivity index (χ3n) is 5.96. The summed E-state index contributed by atoms with van der Waals surface area (Å²) in [6.07, 6.45) is 2.76. The predicted octanol–water partition coefficient (Wildman–Crippen LogP) is 2.71. The number of carbonyl (C=O) groups is 1. The Kier molecular flexibility index (Phi) is 5.15. The van der Waals surface area contributed by atoms with Crippen molar-refractivity contribution < 1.29 is 17.6 Å². The second kappa shape index (κ2) is 8.02. The lowest BCUT2D eigenvalue weighted by Crippen LogP contribution is -2.38. The molecular formula is C24H21N3O5S. The van der Waals surface area contributed by atoms with Crippen molar-refractivity contribution in [3.8, 4) is 0 Å². The second-order valence-corrected chi connectivity index (χ2v) is 9.54. The van der Waals surface area contributed by atoms with E-state index in [0.717, 1.165) is 0 Å². The fraction of sp³-hybridized carbons (Fsp3) is 0.167. The maximum atomic E-state index is 12.9. The molecule has 1 aliphatic heterocycles. The number of nitrogens with two attached hydrogens (primary N) is 1. The summed E-state index contributed by atoms with van der Waals surface area (Å²) in [5, 5.41) is 7.49. The molecular weight excluding hydrogens is 442 g/mol. The molecule has 33 heavy (non-hydrogen) atoms. The van der Waals surface area contributed by atoms with Crippen molar-refractivity contribution in [3.05, 3.63) is 82.9 Å². The number of hydrogen-bond donors (Lipinski definition) is 1. The molecule has 0 atom stereocenters. The molecule has 3 aromatic carbocycles. The van der Waals surface area contributed by atoms with Crippen LogP contribution in [0, 0.1) is 0 Å². The smallest absolute Gasteiger partial charge is 0.408 e. The highest BCUT2D eigenvalue weighted by molar-refractivity contribution is 7.89. The van der Waals surface area contributed by atoms with Gasteiger partial charge >= 0.3 is 5.76 Å². The fourth-order valence-corrected chi connectivity index (χ4v) is 4.78. The van der Waals surface area contributed by atoms with Crippen molar-refractivity contribution in [3.63, 3.8) is 0 Å². The van der Waals surface area contributed by atoms with Gasteiger partial charge in [-0.15, -0.1) is 0 Å². The Morgan fingerprint density at radius 1 is 1.06 bits per heavy atom. The number of amides is 1. The molecule has 0 saturated carbocycles. The fourth-order valence-electron chi connectivity index (χ4n) is 4.25. The molecule has 8 nitrogen and oxygen atoms in total. The van der Waals surface area contributed by atoms with Crippen molar-refractivity contribution in [1.82, 2.24) is 9.47 Å². The first-order chi connectivity index (χ1) is 15.8. The van der Waals surface area contributed by atoms with Gasteiger partial charge in [0, 0.05) is 19.2 Å². The van der Waals surface area contributed by atoms with Gasteiger partial charge < -0.3 is 9.32 Å². The Balaban J connectivity index is 1.37. The average molecular weight is 464 g/mol. The largest absolute Gasteiger partial charge is 0.420 e. The van der Waals surface area contributed by atoms with Crippen molar-refractivity contribution >= 4 is 43.4 Å². The summed E-state index contributed by atoms with van der Waals surface area (Å²) in [5.74, 6) is -0.947. The van der Waals surface area contributed by atoms with Gasteiger partial charge in [0.25, 0.3) is 0 Å².